The van der Waals surface area contributed by atoms with Crippen LogP contribution in [0.2, 0.25) is 0 Å². The zero-order valence-electron chi connectivity index (χ0n) is 15.3. The van der Waals surface area contributed by atoms with Gasteiger partial charge in [-0.25, -0.2) is 4.79 Å². The van der Waals surface area contributed by atoms with E-state index in [1.807, 2.05) is 11.9 Å². The molecule has 0 unspecified atom stereocenters. The Morgan fingerprint density at radius 1 is 1.16 bits per heavy atom. The Balaban J connectivity index is 1.43. The lowest BCUT2D eigenvalue weighted by Crippen LogP contribution is -2.53. The molecule has 136 valence electrons. The number of hydrogen-bond donors (Lipinski definition) is 1. The molecule has 2 fully saturated rings. The third-order valence-corrected chi connectivity index (χ3v) is 5.86. The van der Waals surface area contributed by atoms with Crippen LogP contribution in [0, 0.1) is 5.92 Å². The van der Waals surface area contributed by atoms with Gasteiger partial charge in [-0.15, -0.1) is 0 Å². The molecule has 5 heteroatoms. The maximum Gasteiger partial charge on any atom is 0.407 e. The number of nitrogens with one attached hydrogen (secondary N) is 1. The predicted molar refractivity (Wildman–Crippen MR) is 96.4 cm³/mol. The number of hydrogen-bond acceptors (Lipinski definition) is 3. The van der Waals surface area contributed by atoms with Gasteiger partial charge in [0.1, 0.15) is 0 Å². The van der Waals surface area contributed by atoms with Crippen molar-refractivity contribution in [2.75, 3.05) is 14.2 Å². The molecule has 0 spiro atoms. The number of alkyl carbamates (subject to hydrolysis) is 1. The number of benzene rings is 1. The summed E-state index contributed by atoms with van der Waals surface area (Å²) in [6, 6.07) is 9.30. The van der Waals surface area contributed by atoms with Gasteiger partial charge in [-0.3, -0.25) is 4.79 Å². The van der Waals surface area contributed by atoms with Crippen LogP contribution in [0.4, 0.5) is 4.79 Å². The molecule has 2 aliphatic carbocycles. The van der Waals surface area contributed by atoms with Crippen LogP contribution in [0.5, 0.6) is 0 Å². The van der Waals surface area contributed by atoms with Gasteiger partial charge in [0.15, 0.2) is 0 Å². The fourth-order valence-corrected chi connectivity index (χ4v) is 3.83. The van der Waals surface area contributed by atoms with Crippen LogP contribution in [0.1, 0.15) is 49.7 Å². The molecule has 1 aromatic carbocycles. The van der Waals surface area contributed by atoms with Crippen LogP contribution in [-0.2, 0) is 16.0 Å². The number of rotatable bonds is 5. The van der Waals surface area contributed by atoms with Gasteiger partial charge in [-0.05, 0) is 49.1 Å². The van der Waals surface area contributed by atoms with E-state index in [0.717, 1.165) is 19.3 Å². The summed E-state index contributed by atoms with van der Waals surface area (Å²) in [7, 11) is 3.28. The average molecular weight is 344 g/mol. The van der Waals surface area contributed by atoms with Gasteiger partial charge in [0.25, 0.3) is 0 Å². The van der Waals surface area contributed by atoms with Crippen molar-refractivity contribution in [2.24, 2.45) is 5.92 Å². The Kier molecular flexibility index (Phi) is 5.30. The summed E-state index contributed by atoms with van der Waals surface area (Å²) < 4.78 is 4.59. The molecule has 5 nitrogen and oxygen atoms in total. The maximum absolute atomic E-state index is 12.6. The van der Waals surface area contributed by atoms with Crippen molar-refractivity contribution in [2.45, 2.75) is 57.0 Å². The Morgan fingerprint density at radius 2 is 1.80 bits per heavy atom. The van der Waals surface area contributed by atoms with Gasteiger partial charge >= 0.3 is 6.09 Å². The van der Waals surface area contributed by atoms with Crippen LogP contribution < -0.4 is 5.32 Å². The Bertz CT molecular complexity index is 616. The molecule has 0 aliphatic heterocycles. The summed E-state index contributed by atoms with van der Waals surface area (Å²) in [6.45, 7) is 2.17. The van der Waals surface area contributed by atoms with Crippen molar-refractivity contribution in [3.05, 3.63) is 35.4 Å². The summed E-state index contributed by atoms with van der Waals surface area (Å²) in [5.74, 6) is 0.823. The van der Waals surface area contributed by atoms with E-state index in [9.17, 15) is 9.59 Å². The monoisotopic (exact) mass is 344 g/mol. The van der Waals surface area contributed by atoms with E-state index in [2.05, 4.69) is 41.2 Å². The lowest BCUT2D eigenvalue weighted by molar-refractivity contribution is -0.141. The third kappa shape index (κ3) is 3.80. The quantitative estimate of drug-likeness (QED) is 0.893. The first-order valence-corrected chi connectivity index (χ1v) is 9.21. The molecule has 1 N–H and O–H groups in total. The number of methoxy groups -OCH3 is 1. The topological polar surface area (TPSA) is 58.6 Å². The van der Waals surface area contributed by atoms with E-state index >= 15 is 0 Å². The fourth-order valence-electron chi connectivity index (χ4n) is 3.83. The number of nitrogens with zero attached hydrogens (tertiary/aromatic N) is 1. The minimum absolute atomic E-state index is 0.0371. The van der Waals surface area contributed by atoms with Crippen LogP contribution in [0.15, 0.2) is 24.3 Å². The molecule has 1 aromatic rings. The van der Waals surface area contributed by atoms with Crippen LogP contribution in [0.3, 0.4) is 0 Å². The summed E-state index contributed by atoms with van der Waals surface area (Å²) in [4.78, 5) is 25.7. The molecule has 0 bridgehead atoms. The van der Waals surface area contributed by atoms with E-state index < -0.39 is 6.09 Å². The maximum atomic E-state index is 12.6. The number of aryl methyl sites for hydroxylation is 1. The Hall–Kier alpha value is -2.04. The second-order valence-electron chi connectivity index (χ2n) is 7.37. The molecule has 0 radical (unpaired) electrons. The van der Waals surface area contributed by atoms with E-state index in [0.29, 0.717) is 24.8 Å². The first kappa shape index (κ1) is 17.8. The zero-order chi connectivity index (χ0) is 18.0. The summed E-state index contributed by atoms with van der Waals surface area (Å²) in [5, 5.41) is 2.75. The number of carbonyl (C=O) groups excluding carboxylic acids is 2. The van der Waals surface area contributed by atoms with E-state index in [4.69, 9.17) is 0 Å². The Morgan fingerprint density at radius 3 is 2.36 bits per heavy atom. The Labute approximate surface area is 149 Å². The first-order valence-electron chi connectivity index (χ1n) is 9.21. The highest BCUT2D eigenvalue weighted by atomic mass is 16.5. The first-order chi connectivity index (χ1) is 12.0. The highest BCUT2D eigenvalue weighted by Gasteiger charge is 2.41. The van der Waals surface area contributed by atoms with Gasteiger partial charge in [0, 0.05) is 25.0 Å². The summed E-state index contributed by atoms with van der Waals surface area (Å²) in [5.41, 5.74) is 2.76. The third-order valence-electron chi connectivity index (χ3n) is 5.86. The summed E-state index contributed by atoms with van der Waals surface area (Å²) >= 11 is 0. The molecule has 2 saturated carbocycles. The van der Waals surface area contributed by atoms with Gasteiger partial charge in [-0.2, -0.15) is 0 Å². The molecule has 0 atom stereocenters. The van der Waals surface area contributed by atoms with Crippen molar-refractivity contribution >= 4 is 12.0 Å². The molecule has 25 heavy (non-hydrogen) atoms. The lowest BCUT2D eigenvalue weighted by atomic mass is 9.73. The van der Waals surface area contributed by atoms with E-state index in [-0.39, 0.29) is 17.9 Å². The fraction of sp³-hybridized carbons (Fsp3) is 0.600. The minimum atomic E-state index is -0.417. The normalized spacial score (nSPS) is 27.6. The van der Waals surface area contributed by atoms with Crippen molar-refractivity contribution < 1.29 is 14.3 Å². The molecule has 3 rings (SSSR count). The summed E-state index contributed by atoms with van der Waals surface area (Å²) in [6.07, 6.45) is 4.17. The highest BCUT2D eigenvalue weighted by Crippen LogP contribution is 2.41. The minimum Gasteiger partial charge on any atom is -0.453 e. The van der Waals surface area contributed by atoms with E-state index in [1.165, 1.54) is 18.2 Å². The molecule has 2 aliphatic rings. The van der Waals surface area contributed by atoms with E-state index in [1.54, 1.807) is 0 Å². The molecular weight excluding hydrogens is 316 g/mol. The molecular formula is C20H28N2O3. The highest BCUT2D eigenvalue weighted by molar-refractivity contribution is 5.80. The SMILES string of the molecule is CCc1ccc(C2CC(N(C)C(=O)C3CC(NC(=O)OC)C3)C2)cc1. The van der Waals surface area contributed by atoms with Crippen LogP contribution in [0.25, 0.3) is 0 Å². The lowest BCUT2D eigenvalue weighted by Gasteiger charge is -2.45. The average Bonchev–Trinajstić information content (AvgIpc) is 2.56. The van der Waals surface area contributed by atoms with Crippen LogP contribution >= 0.6 is 0 Å². The van der Waals surface area contributed by atoms with Crippen molar-refractivity contribution in [1.29, 1.82) is 0 Å². The predicted octanol–water partition coefficient (Wildman–Crippen LogP) is 3.09. The largest absolute Gasteiger partial charge is 0.453 e. The van der Waals surface area contributed by atoms with Crippen molar-refractivity contribution in [1.82, 2.24) is 10.2 Å². The number of carbonyl (C=O) groups is 2. The molecule has 0 saturated heterocycles. The van der Waals surface area contributed by atoms with Crippen molar-refractivity contribution in [3.63, 3.8) is 0 Å². The van der Waals surface area contributed by atoms with Gasteiger partial charge < -0.3 is 15.0 Å². The molecule has 0 aromatic heterocycles. The molecule has 0 heterocycles. The number of ether oxygens (including phenoxy) is 1. The van der Waals surface area contributed by atoms with Crippen LogP contribution in [-0.4, -0.2) is 43.1 Å². The second-order valence-corrected chi connectivity index (χ2v) is 7.37. The van der Waals surface area contributed by atoms with Gasteiger partial charge in [0.05, 0.1) is 7.11 Å². The smallest absolute Gasteiger partial charge is 0.407 e. The number of amides is 2. The van der Waals surface area contributed by atoms with Gasteiger partial charge in [-0.1, -0.05) is 31.2 Å². The standard InChI is InChI=1S/C20H28N2O3/c1-4-13-5-7-14(8-6-13)15-11-18(12-15)22(2)19(23)16-9-17(10-16)21-20(24)25-3/h5-8,15-18H,4,9-12H2,1-3H3,(H,21,24). The zero-order valence-corrected chi connectivity index (χ0v) is 15.3. The van der Waals surface area contributed by atoms with Crippen molar-refractivity contribution in [3.8, 4) is 0 Å². The second kappa shape index (κ2) is 7.46. The van der Waals surface area contributed by atoms with Gasteiger partial charge in [0.2, 0.25) is 5.91 Å². The molecule has 2 amide bonds.